The summed E-state index contributed by atoms with van der Waals surface area (Å²) in [5.41, 5.74) is -1.74. The Morgan fingerprint density at radius 1 is 1.18 bits per heavy atom. The lowest BCUT2D eigenvalue weighted by Crippen LogP contribution is -2.27. The van der Waals surface area contributed by atoms with E-state index in [0.717, 1.165) is 17.4 Å². The van der Waals surface area contributed by atoms with E-state index in [1.807, 2.05) is 6.07 Å². The summed E-state index contributed by atoms with van der Waals surface area (Å²) in [7, 11) is 3.20. The van der Waals surface area contributed by atoms with Crippen LogP contribution in [0.5, 0.6) is 0 Å². The fraction of sp³-hybridized carbons (Fsp3) is 0.312. The van der Waals surface area contributed by atoms with E-state index in [9.17, 15) is 25.0 Å². The molecule has 2 amide bonds. The Bertz CT molecular complexity index is 2240. The molecule has 0 radical (unpaired) electrons. The Labute approximate surface area is 281 Å². The number of amides is 2. The van der Waals surface area contributed by atoms with Crippen molar-refractivity contribution in [2.45, 2.75) is 45.9 Å². The number of halogens is 2. The van der Waals surface area contributed by atoms with Crippen LogP contribution in [0.3, 0.4) is 0 Å². The van der Waals surface area contributed by atoms with Crippen LogP contribution in [0.25, 0.3) is 32.1 Å². The average Bonchev–Trinajstić information content (AvgIpc) is 3.52. The van der Waals surface area contributed by atoms with E-state index in [1.165, 1.54) is 17.0 Å². The van der Waals surface area contributed by atoms with Crippen LogP contribution in [-0.4, -0.2) is 67.8 Å². The van der Waals surface area contributed by atoms with Gasteiger partial charge in [0, 0.05) is 48.9 Å². The van der Waals surface area contributed by atoms with Gasteiger partial charge in [-0.1, -0.05) is 12.1 Å². The molecule has 4 heterocycles. The van der Waals surface area contributed by atoms with Gasteiger partial charge in [0.05, 0.1) is 33.7 Å². The predicted molar refractivity (Wildman–Crippen MR) is 177 cm³/mol. The molecule has 0 bridgehead atoms. The maximum absolute atomic E-state index is 16.8. The van der Waals surface area contributed by atoms with Gasteiger partial charge in [-0.2, -0.15) is 24.7 Å². The molecule has 0 spiro atoms. The van der Waals surface area contributed by atoms with Crippen molar-refractivity contribution in [3.63, 3.8) is 0 Å². The summed E-state index contributed by atoms with van der Waals surface area (Å²) < 4.78 is 39.3. The first-order valence-corrected chi connectivity index (χ1v) is 15.8. The lowest BCUT2D eigenvalue weighted by Gasteiger charge is -2.23. The standard InChI is InChI=1S/C32H29F2N9O5S/c1-32(2,3)48-31(45)38-28-19(14-35)23-17(8-6-9-22(23)49-28)24-21(43(46)47)13-18-26(25(24)33)36-30(34)37-27(18)41-10-7-11-42-16(15-41)12-20(39-42)29(44)40(4)5/h6,8-9,12-13H,7,10-11,15H2,1-5H3,(H,38,45). The molecule has 0 atom stereocenters. The zero-order valence-electron chi connectivity index (χ0n) is 27.0. The molecular weight excluding hydrogens is 660 g/mol. The molecular formula is C32H29F2N9O5S. The first-order chi connectivity index (χ1) is 23.2. The van der Waals surface area contributed by atoms with Crippen molar-refractivity contribution in [1.29, 1.82) is 5.26 Å². The summed E-state index contributed by atoms with van der Waals surface area (Å²) in [6.07, 6.45) is -1.58. The fourth-order valence-corrected chi connectivity index (χ4v) is 6.80. The van der Waals surface area contributed by atoms with Gasteiger partial charge in [-0.05, 0) is 39.3 Å². The summed E-state index contributed by atoms with van der Waals surface area (Å²) in [6, 6.07) is 9.29. The number of carbonyl (C=O) groups excluding carboxylic acids is 2. The number of nitro benzene ring substituents is 1. The summed E-state index contributed by atoms with van der Waals surface area (Å²) >= 11 is 1.01. The molecule has 6 rings (SSSR count). The number of nitriles is 1. The summed E-state index contributed by atoms with van der Waals surface area (Å²) in [6.45, 7) is 5.87. The van der Waals surface area contributed by atoms with Crippen LogP contribution in [-0.2, 0) is 17.8 Å². The number of nitro groups is 1. The van der Waals surface area contributed by atoms with Crippen LogP contribution in [0, 0.1) is 33.3 Å². The maximum atomic E-state index is 16.8. The molecule has 1 N–H and O–H groups in total. The highest BCUT2D eigenvalue weighted by Gasteiger charge is 2.31. The van der Waals surface area contributed by atoms with Gasteiger partial charge in [0.1, 0.15) is 28.0 Å². The zero-order valence-corrected chi connectivity index (χ0v) is 27.8. The molecule has 3 aromatic heterocycles. The van der Waals surface area contributed by atoms with Crippen molar-refractivity contribution >= 4 is 60.8 Å². The Morgan fingerprint density at radius 3 is 2.61 bits per heavy atom. The van der Waals surface area contributed by atoms with Gasteiger partial charge in [-0.3, -0.25) is 24.9 Å². The number of aryl methyl sites for hydroxylation is 1. The van der Waals surface area contributed by atoms with Crippen LogP contribution < -0.4 is 10.2 Å². The number of anilines is 2. The van der Waals surface area contributed by atoms with Crippen molar-refractivity contribution in [2.24, 2.45) is 0 Å². The first-order valence-electron chi connectivity index (χ1n) is 15.0. The molecule has 0 unspecified atom stereocenters. The third-order valence-electron chi connectivity index (χ3n) is 7.71. The van der Waals surface area contributed by atoms with Crippen LogP contribution in [0.15, 0.2) is 30.3 Å². The molecule has 0 aliphatic carbocycles. The van der Waals surface area contributed by atoms with Gasteiger partial charge in [0.15, 0.2) is 11.5 Å². The van der Waals surface area contributed by atoms with Gasteiger partial charge in [0.2, 0.25) is 0 Å². The molecule has 49 heavy (non-hydrogen) atoms. The number of thiophene rings is 1. The van der Waals surface area contributed by atoms with Crippen LogP contribution in [0.1, 0.15) is 48.9 Å². The highest BCUT2D eigenvalue weighted by molar-refractivity contribution is 7.23. The van der Waals surface area contributed by atoms with Gasteiger partial charge < -0.3 is 14.5 Å². The molecule has 2 aromatic carbocycles. The average molecular weight is 690 g/mol. The third-order valence-corrected chi connectivity index (χ3v) is 8.78. The van der Waals surface area contributed by atoms with E-state index in [2.05, 4.69) is 20.4 Å². The quantitative estimate of drug-likeness (QED) is 0.127. The molecule has 0 fully saturated rings. The van der Waals surface area contributed by atoms with Crippen LogP contribution in [0.4, 0.5) is 30.1 Å². The second-order valence-electron chi connectivity index (χ2n) is 12.5. The van der Waals surface area contributed by atoms with E-state index in [4.69, 9.17) is 4.74 Å². The third kappa shape index (κ3) is 6.18. The normalized spacial score (nSPS) is 13.1. The number of hydrogen-bond donors (Lipinski definition) is 1. The lowest BCUT2D eigenvalue weighted by molar-refractivity contribution is -0.384. The molecule has 0 saturated carbocycles. The highest BCUT2D eigenvalue weighted by Crippen LogP contribution is 2.46. The second kappa shape index (κ2) is 12.4. The number of fused-ring (bicyclic) bond motifs is 3. The van der Waals surface area contributed by atoms with Crippen molar-refractivity contribution < 1.29 is 28.0 Å². The number of hydrogen-bond acceptors (Lipinski definition) is 11. The van der Waals surface area contributed by atoms with Crippen molar-refractivity contribution in [3.05, 3.63) is 69.3 Å². The number of ether oxygens (including phenoxy) is 1. The number of nitrogens with one attached hydrogen (secondary N) is 1. The summed E-state index contributed by atoms with van der Waals surface area (Å²) in [5.74, 6) is -1.56. The molecule has 14 nitrogen and oxygen atoms in total. The van der Waals surface area contributed by atoms with Gasteiger partial charge in [-0.15, -0.1) is 11.3 Å². The number of benzene rings is 2. The molecule has 252 valence electrons. The van der Waals surface area contributed by atoms with Crippen LogP contribution >= 0.6 is 11.3 Å². The Hall–Kier alpha value is -5.76. The van der Waals surface area contributed by atoms with Crippen molar-refractivity contribution in [1.82, 2.24) is 24.6 Å². The zero-order chi connectivity index (χ0) is 35.4. The molecule has 0 saturated heterocycles. The van der Waals surface area contributed by atoms with E-state index in [0.29, 0.717) is 29.9 Å². The number of aromatic nitrogens is 4. The first kappa shape index (κ1) is 33.2. The minimum atomic E-state index is -1.25. The lowest BCUT2D eigenvalue weighted by atomic mass is 9.95. The molecule has 1 aliphatic rings. The Kier molecular flexibility index (Phi) is 8.36. The van der Waals surface area contributed by atoms with Gasteiger partial charge in [0.25, 0.3) is 11.6 Å². The molecule has 5 aromatic rings. The van der Waals surface area contributed by atoms with Crippen molar-refractivity contribution in [2.75, 3.05) is 30.9 Å². The fourth-order valence-electron chi connectivity index (χ4n) is 5.74. The number of nitrogens with zero attached hydrogens (tertiary/aromatic N) is 8. The predicted octanol–water partition coefficient (Wildman–Crippen LogP) is 6.23. The minimum absolute atomic E-state index is 0.0222. The van der Waals surface area contributed by atoms with E-state index >= 15 is 8.78 Å². The minimum Gasteiger partial charge on any atom is -0.444 e. The van der Waals surface area contributed by atoms with E-state index < -0.39 is 45.3 Å². The largest absolute Gasteiger partial charge is 0.444 e. The monoisotopic (exact) mass is 689 g/mol. The van der Waals surface area contributed by atoms with Gasteiger partial charge >= 0.3 is 12.2 Å². The molecule has 1 aliphatic heterocycles. The smallest absolute Gasteiger partial charge is 0.412 e. The topological polar surface area (TPSA) is 172 Å². The van der Waals surface area contributed by atoms with E-state index in [1.54, 1.807) is 56.6 Å². The van der Waals surface area contributed by atoms with Crippen molar-refractivity contribution in [3.8, 4) is 17.2 Å². The second-order valence-corrected chi connectivity index (χ2v) is 13.5. The van der Waals surface area contributed by atoms with Gasteiger partial charge in [-0.25, -0.2) is 9.18 Å². The Morgan fingerprint density at radius 2 is 1.94 bits per heavy atom. The highest BCUT2D eigenvalue weighted by atomic mass is 32.1. The number of carbonyl (C=O) groups is 2. The number of rotatable bonds is 5. The Balaban J connectivity index is 1.51. The van der Waals surface area contributed by atoms with Crippen LogP contribution in [0.2, 0.25) is 0 Å². The molecule has 17 heteroatoms. The summed E-state index contributed by atoms with van der Waals surface area (Å²) in [4.78, 5) is 47.6. The summed E-state index contributed by atoms with van der Waals surface area (Å²) in [5, 5.41) is 29.8. The van der Waals surface area contributed by atoms with E-state index in [-0.39, 0.29) is 50.9 Å². The SMILES string of the molecule is CN(C)C(=O)c1cc2n(n1)CCCN(c1nc(F)nc3c(F)c(-c4cccc5sc(NC(=O)OC(C)(C)C)c(C#N)c45)c([N+](=O)[O-])cc13)C2. The maximum Gasteiger partial charge on any atom is 0.412 e.